The number of carbonyl (C=O) groups excluding carboxylic acids is 1. The second-order valence-corrected chi connectivity index (χ2v) is 7.92. The number of ketones is 1. The van der Waals surface area contributed by atoms with Gasteiger partial charge in [0.05, 0.1) is 5.75 Å². The summed E-state index contributed by atoms with van der Waals surface area (Å²) in [5, 5.41) is -0.728. The number of rotatable bonds is 3. The number of benzene rings is 1. The summed E-state index contributed by atoms with van der Waals surface area (Å²) < 4.78 is 23.9. The molecule has 1 aromatic rings. The molecule has 2 unspecified atom stereocenters. The maximum atomic E-state index is 12.2. The Balaban J connectivity index is 1.70. The van der Waals surface area contributed by atoms with Gasteiger partial charge in [0, 0.05) is 6.42 Å². The van der Waals surface area contributed by atoms with Gasteiger partial charge in [-0.25, -0.2) is 8.42 Å². The molecule has 3 rings (SSSR count). The topological polar surface area (TPSA) is 51.2 Å². The third-order valence-electron chi connectivity index (χ3n) is 4.35. The molecule has 102 valence electrons. The van der Waals surface area contributed by atoms with Crippen LogP contribution in [-0.4, -0.2) is 25.2 Å². The Morgan fingerprint density at radius 2 is 2.00 bits per heavy atom. The highest BCUT2D eigenvalue weighted by Crippen LogP contribution is 2.38. The van der Waals surface area contributed by atoms with E-state index >= 15 is 0 Å². The van der Waals surface area contributed by atoms with Gasteiger partial charge in [-0.05, 0) is 36.3 Å². The highest BCUT2D eigenvalue weighted by atomic mass is 32.2. The van der Waals surface area contributed by atoms with Crippen molar-refractivity contribution in [3.63, 3.8) is 0 Å². The van der Waals surface area contributed by atoms with Crippen LogP contribution < -0.4 is 0 Å². The maximum absolute atomic E-state index is 12.2. The third-order valence-corrected chi connectivity index (χ3v) is 6.57. The lowest BCUT2D eigenvalue weighted by Gasteiger charge is -2.31. The molecule has 3 nitrogen and oxygen atoms in total. The lowest BCUT2D eigenvalue weighted by atomic mass is 9.75. The summed E-state index contributed by atoms with van der Waals surface area (Å²) in [5.74, 6) is 0.352. The van der Waals surface area contributed by atoms with Gasteiger partial charge in [0.25, 0.3) is 0 Å². The minimum Gasteiger partial charge on any atom is -0.298 e. The van der Waals surface area contributed by atoms with Crippen molar-refractivity contribution in [2.45, 2.75) is 43.3 Å². The molecule has 0 amide bonds. The van der Waals surface area contributed by atoms with E-state index in [1.54, 1.807) is 0 Å². The molecule has 2 atom stereocenters. The number of fused-ring (bicyclic) bond motifs is 1. The van der Waals surface area contributed by atoms with E-state index in [0.717, 1.165) is 12.8 Å². The number of carbonyl (C=O) groups is 1. The summed E-state index contributed by atoms with van der Waals surface area (Å²) in [6.07, 6.45) is 3.39. The minimum atomic E-state index is -3.18. The van der Waals surface area contributed by atoms with E-state index in [9.17, 15) is 13.2 Å². The van der Waals surface area contributed by atoms with Crippen LogP contribution in [0.15, 0.2) is 24.3 Å². The molecule has 1 fully saturated rings. The molecule has 1 saturated heterocycles. The Morgan fingerprint density at radius 3 is 2.74 bits per heavy atom. The van der Waals surface area contributed by atoms with Gasteiger partial charge in [0.2, 0.25) is 0 Å². The molecular formula is C15H18O3S. The van der Waals surface area contributed by atoms with E-state index in [-0.39, 0.29) is 17.5 Å². The lowest BCUT2D eigenvalue weighted by molar-refractivity contribution is -0.119. The first-order chi connectivity index (χ1) is 9.08. The van der Waals surface area contributed by atoms with Crippen LogP contribution in [0.2, 0.25) is 0 Å². The summed E-state index contributed by atoms with van der Waals surface area (Å²) in [7, 11) is -3.18. The highest BCUT2D eigenvalue weighted by Gasteiger charge is 2.37. The molecule has 0 spiro atoms. The fourth-order valence-electron chi connectivity index (χ4n) is 3.24. The van der Waals surface area contributed by atoms with Gasteiger partial charge in [-0.3, -0.25) is 4.79 Å². The van der Waals surface area contributed by atoms with Gasteiger partial charge in [-0.15, -0.1) is 0 Å². The summed E-state index contributed by atoms with van der Waals surface area (Å²) >= 11 is 0. The Morgan fingerprint density at radius 1 is 1.21 bits per heavy atom. The minimum absolute atomic E-state index is 0.0702. The lowest BCUT2D eigenvalue weighted by Crippen LogP contribution is -2.37. The van der Waals surface area contributed by atoms with Crippen molar-refractivity contribution >= 4 is 15.6 Å². The van der Waals surface area contributed by atoms with Crippen molar-refractivity contribution < 1.29 is 13.2 Å². The van der Waals surface area contributed by atoms with Gasteiger partial charge < -0.3 is 0 Å². The molecule has 2 aliphatic rings. The molecule has 0 saturated carbocycles. The number of sulfone groups is 1. The molecule has 1 aliphatic heterocycles. The SMILES string of the molecule is O=C(CC1Cc2ccccc21)C1CCCCS1(=O)=O. The van der Waals surface area contributed by atoms with Crippen LogP contribution in [0.5, 0.6) is 0 Å². The zero-order valence-electron chi connectivity index (χ0n) is 10.8. The number of Topliss-reactive ketones (excluding diaryl/α,β-unsaturated/α-hetero) is 1. The molecule has 1 aliphatic carbocycles. The molecule has 0 bridgehead atoms. The molecular weight excluding hydrogens is 260 g/mol. The van der Waals surface area contributed by atoms with Gasteiger partial charge in [-0.1, -0.05) is 30.7 Å². The van der Waals surface area contributed by atoms with E-state index in [1.165, 1.54) is 11.1 Å². The Hall–Kier alpha value is -1.16. The van der Waals surface area contributed by atoms with Crippen LogP contribution in [0.1, 0.15) is 42.7 Å². The normalized spacial score (nSPS) is 28.2. The van der Waals surface area contributed by atoms with Crippen LogP contribution in [0.4, 0.5) is 0 Å². The average Bonchev–Trinajstić information content (AvgIpc) is 2.35. The first kappa shape index (κ1) is 12.9. The van der Waals surface area contributed by atoms with Crippen LogP contribution in [0, 0.1) is 0 Å². The molecule has 1 heterocycles. The first-order valence-electron chi connectivity index (χ1n) is 6.90. The summed E-state index contributed by atoms with van der Waals surface area (Å²) in [6, 6.07) is 8.11. The number of hydrogen-bond acceptors (Lipinski definition) is 3. The first-order valence-corrected chi connectivity index (χ1v) is 8.61. The van der Waals surface area contributed by atoms with Gasteiger partial charge >= 0.3 is 0 Å². The fourth-order valence-corrected chi connectivity index (χ4v) is 5.15. The highest BCUT2D eigenvalue weighted by molar-refractivity contribution is 7.92. The zero-order valence-corrected chi connectivity index (χ0v) is 11.7. The summed E-state index contributed by atoms with van der Waals surface area (Å²) in [5.41, 5.74) is 2.52. The van der Waals surface area contributed by atoms with Crippen molar-refractivity contribution in [3.05, 3.63) is 35.4 Å². The van der Waals surface area contributed by atoms with E-state index in [2.05, 4.69) is 6.07 Å². The van der Waals surface area contributed by atoms with Crippen LogP contribution in [-0.2, 0) is 21.1 Å². The zero-order chi connectivity index (χ0) is 13.5. The maximum Gasteiger partial charge on any atom is 0.160 e. The number of hydrogen-bond donors (Lipinski definition) is 0. The Bertz CT molecular complexity index is 604. The molecule has 1 aromatic carbocycles. The Labute approximate surface area is 113 Å². The molecule has 0 N–H and O–H groups in total. The van der Waals surface area contributed by atoms with Gasteiger partial charge in [0.15, 0.2) is 15.6 Å². The van der Waals surface area contributed by atoms with E-state index in [1.807, 2.05) is 18.2 Å². The van der Waals surface area contributed by atoms with Crippen molar-refractivity contribution in [1.29, 1.82) is 0 Å². The van der Waals surface area contributed by atoms with E-state index in [0.29, 0.717) is 19.3 Å². The summed E-state index contributed by atoms with van der Waals surface area (Å²) in [4.78, 5) is 12.2. The van der Waals surface area contributed by atoms with Crippen LogP contribution in [0.25, 0.3) is 0 Å². The largest absolute Gasteiger partial charge is 0.298 e. The third kappa shape index (κ3) is 2.34. The van der Waals surface area contributed by atoms with Crippen LogP contribution in [0.3, 0.4) is 0 Å². The molecule has 0 radical (unpaired) electrons. The van der Waals surface area contributed by atoms with Gasteiger partial charge in [0.1, 0.15) is 5.25 Å². The summed E-state index contributed by atoms with van der Waals surface area (Å²) in [6.45, 7) is 0. The second kappa shape index (κ2) is 4.75. The molecule has 19 heavy (non-hydrogen) atoms. The van der Waals surface area contributed by atoms with Crippen LogP contribution >= 0.6 is 0 Å². The van der Waals surface area contributed by atoms with Crippen molar-refractivity contribution in [2.24, 2.45) is 0 Å². The quantitative estimate of drug-likeness (QED) is 0.852. The second-order valence-electron chi connectivity index (χ2n) is 5.62. The monoisotopic (exact) mass is 278 g/mol. The van der Waals surface area contributed by atoms with Gasteiger partial charge in [-0.2, -0.15) is 0 Å². The van der Waals surface area contributed by atoms with Crippen molar-refractivity contribution in [3.8, 4) is 0 Å². The predicted molar refractivity (Wildman–Crippen MR) is 73.9 cm³/mol. The van der Waals surface area contributed by atoms with Crippen molar-refractivity contribution in [1.82, 2.24) is 0 Å². The molecule has 4 heteroatoms. The predicted octanol–water partition coefficient (Wildman–Crippen LogP) is 2.25. The fraction of sp³-hybridized carbons (Fsp3) is 0.533. The standard InChI is InChI=1S/C15H18O3S/c16-14(15-7-3-4-8-19(15,17)18)10-12-9-11-5-1-2-6-13(11)12/h1-2,5-6,12,15H,3-4,7-10H2. The van der Waals surface area contributed by atoms with Crippen molar-refractivity contribution in [2.75, 3.05) is 5.75 Å². The molecule has 0 aromatic heterocycles. The van der Waals surface area contributed by atoms with E-state index in [4.69, 9.17) is 0 Å². The van der Waals surface area contributed by atoms with E-state index < -0.39 is 15.1 Å². The Kier molecular flexibility index (Phi) is 3.21. The smallest absolute Gasteiger partial charge is 0.160 e. The average molecular weight is 278 g/mol.